The highest BCUT2D eigenvalue weighted by atomic mass is 16.5. The number of likely N-dealkylation sites (tertiary alicyclic amines) is 1. The molecule has 1 saturated heterocycles. The molecule has 2 heterocycles. The van der Waals surface area contributed by atoms with Gasteiger partial charge in [0.05, 0.1) is 11.8 Å². The number of hydrogen-bond donors (Lipinski definition) is 1. The number of aryl methyl sites for hydroxylation is 2. The van der Waals surface area contributed by atoms with Gasteiger partial charge in [0.1, 0.15) is 0 Å². The molecule has 0 radical (unpaired) electrons. The van der Waals surface area contributed by atoms with E-state index in [-0.39, 0.29) is 6.03 Å². The van der Waals surface area contributed by atoms with Crippen molar-refractivity contribution in [2.45, 2.75) is 52.7 Å². The van der Waals surface area contributed by atoms with Crippen LogP contribution in [0.2, 0.25) is 0 Å². The standard InChI is InChI=1S/C18H30N4O2/c1-12-13(2)20-22(14(12)3)9-5-8-19-18(23)21-10-15-6-7-16(11-21)17(15)24-4/h15-17H,5-11H2,1-4H3,(H,19,23)/t15-,16+,17?. The van der Waals surface area contributed by atoms with Gasteiger partial charge in [-0.3, -0.25) is 4.68 Å². The van der Waals surface area contributed by atoms with E-state index >= 15 is 0 Å². The highest BCUT2D eigenvalue weighted by Crippen LogP contribution is 2.38. The average molecular weight is 334 g/mol. The Hall–Kier alpha value is -1.56. The number of piperidine rings is 1. The van der Waals surface area contributed by atoms with Crippen molar-refractivity contribution in [3.05, 3.63) is 17.0 Å². The Morgan fingerprint density at radius 3 is 2.46 bits per heavy atom. The van der Waals surface area contributed by atoms with E-state index in [0.717, 1.165) is 31.7 Å². The summed E-state index contributed by atoms with van der Waals surface area (Å²) in [6, 6.07) is 0.0750. The molecular formula is C18H30N4O2. The molecule has 1 aromatic heterocycles. The molecule has 24 heavy (non-hydrogen) atoms. The fraction of sp³-hybridized carbons (Fsp3) is 0.778. The number of nitrogens with zero attached hydrogens (tertiary/aromatic N) is 3. The maximum absolute atomic E-state index is 12.4. The Balaban J connectivity index is 1.43. The molecule has 1 aliphatic carbocycles. The lowest BCUT2D eigenvalue weighted by molar-refractivity contribution is -0.00505. The lowest BCUT2D eigenvalue weighted by Gasteiger charge is -2.37. The van der Waals surface area contributed by atoms with E-state index in [1.807, 2.05) is 16.5 Å². The highest BCUT2D eigenvalue weighted by molar-refractivity contribution is 5.74. The Labute approximate surface area is 144 Å². The van der Waals surface area contributed by atoms with Crippen molar-refractivity contribution in [1.82, 2.24) is 20.0 Å². The van der Waals surface area contributed by atoms with Gasteiger partial charge in [-0.1, -0.05) is 0 Å². The van der Waals surface area contributed by atoms with Gasteiger partial charge in [0, 0.05) is 50.8 Å². The quantitative estimate of drug-likeness (QED) is 0.840. The van der Waals surface area contributed by atoms with Crippen LogP contribution >= 0.6 is 0 Å². The van der Waals surface area contributed by atoms with Gasteiger partial charge in [-0.05, 0) is 45.6 Å². The minimum Gasteiger partial charge on any atom is -0.381 e. The normalized spacial score (nSPS) is 26.0. The van der Waals surface area contributed by atoms with Crippen molar-refractivity contribution in [3.8, 4) is 0 Å². The van der Waals surface area contributed by atoms with Gasteiger partial charge in [0.2, 0.25) is 0 Å². The van der Waals surface area contributed by atoms with Crippen molar-refractivity contribution >= 4 is 6.03 Å². The summed E-state index contributed by atoms with van der Waals surface area (Å²) in [5.41, 5.74) is 3.57. The summed E-state index contributed by atoms with van der Waals surface area (Å²) in [5, 5.41) is 7.61. The number of amides is 2. The van der Waals surface area contributed by atoms with Crippen LogP contribution in [0, 0.1) is 32.6 Å². The van der Waals surface area contributed by atoms with Crippen LogP contribution in [0.4, 0.5) is 4.79 Å². The third-order valence-electron chi connectivity index (χ3n) is 5.87. The predicted molar refractivity (Wildman–Crippen MR) is 93.0 cm³/mol. The van der Waals surface area contributed by atoms with Crippen molar-refractivity contribution in [3.63, 3.8) is 0 Å². The Morgan fingerprint density at radius 1 is 1.25 bits per heavy atom. The molecule has 6 nitrogen and oxygen atoms in total. The second kappa shape index (κ2) is 7.13. The smallest absolute Gasteiger partial charge is 0.317 e. The number of urea groups is 1. The highest BCUT2D eigenvalue weighted by Gasteiger charge is 2.43. The Morgan fingerprint density at radius 2 is 1.92 bits per heavy atom. The fourth-order valence-electron chi connectivity index (χ4n) is 4.26. The van der Waals surface area contributed by atoms with Crippen molar-refractivity contribution in [1.29, 1.82) is 0 Å². The van der Waals surface area contributed by atoms with E-state index in [4.69, 9.17) is 4.74 Å². The summed E-state index contributed by atoms with van der Waals surface area (Å²) in [4.78, 5) is 14.4. The lowest BCUT2D eigenvalue weighted by atomic mass is 9.95. The van der Waals surface area contributed by atoms with Crippen LogP contribution in [-0.2, 0) is 11.3 Å². The van der Waals surface area contributed by atoms with E-state index in [1.54, 1.807) is 7.11 Å². The zero-order chi connectivity index (χ0) is 17.3. The number of ether oxygens (including phenoxy) is 1. The number of carbonyl (C=O) groups excluding carboxylic acids is 1. The molecule has 2 fully saturated rings. The number of methoxy groups -OCH3 is 1. The van der Waals surface area contributed by atoms with E-state index in [1.165, 1.54) is 24.1 Å². The molecule has 3 atom stereocenters. The fourth-order valence-corrected chi connectivity index (χ4v) is 4.26. The van der Waals surface area contributed by atoms with Gasteiger partial charge < -0.3 is 15.0 Å². The van der Waals surface area contributed by atoms with Crippen LogP contribution in [-0.4, -0.2) is 53.6 Å². The first kappa shape index (κ1) is 17.3. The molecule has 1 saturated carbocycles. The van der Waals surface area contributed by atoms with E-state index in [0.29, 0.717) is 24.5 Å². The molecule has 2 aliphatic rings. The zero-order valence-corrected chi connectivity index (χ0v) is 15.3. The molecule has 6 heteroatoms. The SMILES string of the molecule is COC1[C@@H]2CC[C@H]1CN(C(=O)NCCCn1nc(C)c(C)c1C)C2. The summed E-state index contributed by atoms with van der Waals surface area (Å²) < 4.78 is 7.65. The number of rotatable bonds is 5. The monoisotopic (exact) mass is 334 g/mol. The van der Waals surface area contributed by atoms with Gasteiger partial charge in [-0.15, -0.1) is 0 Å². The molecule has 1 unspecified atom stereocenters. The molecule has 2 bridgehead atoms. The molecule has 1 aliphatic heterocycles. The van der Waals surface area contributed by atoms with Gasteiger partial charge in [-0.2, -0.15) is 5.10 Å². The van der Waals surface area contributed by atoms with Crippen molar-refractivity contribution in [2.75, 3.05) is 26.7 Å². The third-order valence-corrected chi connectivity index (χ3v) is 5.87. The third kappa shape index (κ3) is 3.29. The van der Waals surface area contributed by atoms with Crippen LogP contribution in [0.1, 0.15) is 36.2 Å². The molecule has 0 aromatic carbocycles. The summed E-state index contributed by atoms with van der Waals surface area (Å²) in [6.45, 7) is 9.44. The number of carbonyl (C=O) groups is 1. The van der Waals surface area contributed by atoms with Crippen LogP contribution in [0.5, 0.6) is 0 Å². The molecular weight excluding hydrogens is 304 g/mol. The molecule has 3 rings (SSSR count). The first-order valence-electron chi connectivity index (χ1n) is 9.07. The van der Waals surface area contributed by atoms with Crippen molar-refractivity contribution in [2.24, 2.45) is 11.8 Å². The molecule has 2 amide bonds. The molecule has 134 valence electrons. The van der Waals surface area contributed by atoms with Crippen LogP contribution in [0.25, 0.3) is 0 Å². The zero-order valence-electron chi connectivity index (χ0n) is 15.3. The molecule has 1 N–H and O–H groups in total. The largest absolute Gasteiger partial charge is 0.381 e. The average Bonchev–Trinajstić information content (AvgIpc) is 2.96. The predicted octanol–water partition coefficient (Wildman–Crippen LogP) is 2.26. The van der Waals surface area contributed by atoms with Gasteiger partial charge in [0.25, 0.3) is 0 Å². The summed E-state index contributed by atoms with van der Waals surface area (Å²) >= 11 is 0. The maximum Gasteiger partial charge on any atom is 0.317 e. The van der Waals surface area contributed by atoms with Crippen LogP contribution in [0.15, 0.2) is 0 Å². The first-order valence-corrected chi connectivity index (χ1v) is 9.07. The minimum absolute atomic E-state index is 0.0750. The molecule has 1 aromatic rings. The van der Waals surface area contributed by atoms with Gasteiger partial charge in [-0.25, -0.2) is 4.79 Å². The van der Waals surface area contributed by atoms with Gasteiger partial charge in [0.15, 0.2) is 0 Å². The number of aromatic nitrogens is 2. The van der Waals surface area contributed by atoms with E-state index < -0.39 is 0 Å². The summed E-state index contributed by atoms with van der Waals surface area (Å²) in [7, 11) is 1.80. The number of fused-ring (bicyclic) bond motifs is 2. The second-order valence-electron chi connectivity index (χ2n) is 7.31. The Kier molecular flexibility index (Phi) is 5.13. The lowest BCUT2D eigenvalue weighted by Crippen LogP contribution is -2.51. The summed E-state index contributed by atoms with van der Waals surface area (Å²) in [6.07, 6.45) is 3.62. The van der Waals surface area contributed by atoms with Crippen molar-refractivity contribution < 1.29 is 9.53 Å². The van der Waals surface area contributed by atoms with Gasteiger partial charge >= 0.3 is 6.03 Å². The number of hydrogen-bond acceptors (Lipinski definition) is 3. The van der Waals surface area contributed by atoms with Crippen LogP contribution in [0.3, 0.4) is 0 Å². The van der Waals surface area contributed by atoms with E-state index in [2.05, 4.69) is 24.3 Å². The first-order chi connectivity index (χ1) is 11.5. The Bertz CT molecular complexity index is 584. The topological polar surface area (TPSA) is 59.4 Å². The maximum atomic E-state index is 12.4. The van der Waals surface area contributed by atoms with Crippen LogP contribution < -0.4 is 5.32 Å². The van der Waals surface area contributed by atoms with E-state index in [9.17, 15) is 4.79 Å². The molecule has 0 spiro atoms. The minimum atomic E-state index is 0.0750. The second-order valence-corrected chi connectivity index (χ2v) is 7.31. The summed E-state index contributed by atoms with van der Waals surface area (Å²) in [5.74, 6) is 1.02. The number of nitrogens with one attached hydrogen (secondary N) is 1.